The van der Waals surface area contributed by atoms with Crippen LogP contribution in [0.25, 0.3) is 11.0 Å². The van der Waals surface area contributed by atoms with Gasteiger partial charge in [-0.1, -0.05) is 6.92 Å². The van der Waals surface area contributed by atoms with E-state index in [1.54, 1.807) is 0 Å². The molecule has 1 aliphatic carbocycles. The van der Waals surface area contributed by atoms with Crippen LogP contribution in [0.4, 0.5) is 27.8 Å². The highest BCUT2D eigenvalue weighted by molar-refractivity contribution is 5.81. The molecule has 0 radical (unpaired) electrons. The number of nitrogens with zero attached hydrogens (tertiary/aromatic N) is 1. The number of fused-ring (bicyclic) bond motifs is 3. The van der Waals surface area contributed by atoms with Crippen LogP contribution >= 0.6 is 0 Å². The summed E-state index contributed by atoms with van der Waals surface area (Å²) in [6.45, 7) is 2.49. The third-order valence-corrected chi connectivity index (χ3v) is 7.28. The van der Waals surface area contributed by atoms with Gasteiger partial charge < -0.3 is 30.2 Å². The second-order valence-electron chi connectivity index (χ2n) is 9.62. The number of halogens is 5. The van der Waals surface area contributed by atoms with E-state index in [0.29, 0.717) is 25.0 Å². The molecule has 2 fully saturated rings. The van der Waals surface area contributed by atoms with E-state index in [-0.39, 0.29) is 35.0 Å². The molecule has 2 aromatic heterocycles. The largest absolute Gasteiger partial charge is 0.470 e. The van der Waals surface area contributed by atoms with Gasteiger partial charge in [-0.2, -0.15) is 13.2 Å². The first kappa shape index (κ1) is 23.4. The van der Waals surface area contributed by atoms with Crippen molar-refractivity contribution in [3.05, 3.63) is 52.6 Å². The second-order valence-corrected chi connectivity index (χ2v) is 9.62. The van der Waals surface area contributed by atoms with Gasteiger partial charge in [0.25, 0.3) is 0 Å². The molecule has 0 amide bonds. The molecule has 1 unspecified atom stereocenters. The summed E-state index contributed by atoms with van der Waals surface area (Å²) in [5, 5.41) is 2.74. The van der Waals surface area contributed by atoms with Gasteiger partial charge in [0.1, 0.15) is 23.6 Å². The fraction of sp³-hybridized carbons (Fsp3) is 0.458. The summed E-state index contributed by atoms with van der Waals surface area (Å²) in [5.74, 6) is -1.81. The van der Waals surface area contributed by atoms with Gasteiger partial charge in [0.15, 0.2) is 17.7 Å². The molecule has 0 saturated carbocycles. The number of anilines is 1. The zero-order valence-corrected chi connectivity index (χ0v) is 19.1. The van der Waals surface area contributed by atoms with Gasteiger partial charge in [-0.15, -0.1) is 0 Å². The summed E-state index contributed by atoms with van der Waals surface area (Å²) in [6, 6.07) is 3.56. The van der Waals surface area contributed by atoms with Crippen LogP contribution in [0.1, 0.15) is 36.1 Å². The van der Waals surface area contributed by atoms with E-state index in [1.807, 2.05) is 6.92 Å². The molecule has 0 bridgehead atoms. The van der Waals surface area contributed by atoms with Gasteiger partial charge in [-0.05, 0) is 30.5 Å². The second kappa shape index (κ2) is 8.02. The monoisotopic (exact) mass is 510 g/mol. The lowest BCUT2D eigenvalue weighted by Gasteiger charge is -2.26. The lowest BCUT2D eigenvalue weighted by atomic mass is 9.96. The number of alkyl halides is 3. The number of benzene rings is 1. The van der Waals surface area contributed by atoms with Crippen molar-refractivity contribution in [2.24, 2.45) is 11.7 Å². The van der Waals surface area contributed by atoms with Crippen molar-refractivity contribution in [3.8, 4) is 5.88 Å². The van der Waals surface area contributed by atoms with Crippen molar-refractivity contribution in [1.29, 1.82) is 0 Å². The van der Waals surface area contributed by atoms with Gasteiger partial charge in [0.2, 0.25) is 0 Å². The molecule has 1 aromatic carbocycles. The smallest absolute Gasteiger partial charge is 0.420 e. The summed E-state index contributed by atoms with van der Waals surface area (Å²) in [5.41, 5.74) is 5.23. The number of hydrogen-bond acceptors (Lipinski definition) is 6. The van der Waals surface area contributed by atoms with E-state index in [2.05, 4.69) is 15.3 Å². The number of rotatable bonds is 4. The zero-order chi connectivity index (χ0) is 25.4. The Balaban J connectivity index is 1.31. The van der Waals surface area contributed by atoms with E-state index < -0.39 is 53.2 Å². The number of H-pyrrole nitrogens is 1. The van der Waals surface area contributed by atoms with Crippen LogP contribution in [-0.2, 0) is 22.1 Å². The highest BCUT2D eigenvalue weighted by atomic mass is 19.4. The minimum atomic E-state index is -4.73. The maximum atomic E-state index is 14.5. The zero-order valence-electron chi connectivity index (χ0n) is 19.1. The van der Waals surface area contributed by atoms with Crippen LogP contribution in [0.3, 0.4) is 0 Å². The van der Waals surface area contributed by atoms with Crippen LogP contribution in [0.15, 0.2) is 24.3 Å². The van der Waals surface area contributed by atoms with Crippen molar-refractivity contribution in [2.75, 3.05) is 18.5 Å². The number of aromatic nitrogens is 2. The number of ether oxygens (including phenoxy) is 3. The van der Waals surface area contributed by atoms with E-state index in [9.17, 15) is 22.0 Å². The quantitative estimate of drug-likeness (QED) is 0.450. The fourth-order valence-electron chi connectivity index (χ4n) is 5.39. The predicted molar refractivity (Wildman–Crippen MR) is 118 cm³/mol. The normalized spacial score (nSPS) is 29.5. The van der Waals surface area contributed by atoms with E-state index >= 15 is 0 Å². The first-order valence-electron chi connectivity index (χ1n) is 11.6. The van der Waals surface area contributed by atoms with E-state index in [1.165, 1.54) is 12.1 Å². The Hall–Kier alpha value is -2.96. The molecule has 3 aromatic rings. The van der Waals surface area contributed by atoms with Crippen molar-refractivity contribution in [2.45, 2.75) is 49.9 Å². The molecule has 2 aliphatic heterocycles. The molecule has 0 spiro atoms. The Morgan fingerprint density at radius 2 is 2.00 bits per heavy atom. The number of aromatic amines is 1. The molecule has 192 valence electrons. The summed E-state index contributed by atoms with van der Waals surface area (Å²) >= 11 is 0. The van der Waals surface area contributed by atoms with Gasteiger partial charge in [-0.3, -0.25) is 0 Å². The minimum Gasteiger partial charge on any atom is -0.470 e. The molecule has 5 atom stereocenters. The highest BCUT2D eigenvalue weighted by Crippen LogP contribution is 2.42. The lowest BCUT2D eigenvalue weighted by molar-refractivity contribution is -0.137. The van der Waals surface area contributed by atoms with Gasteiger partial charge in [0, 0.05) is 23.6 Å². The molecule has 6 rings (SSSR count). The van der Waals surface area contributed by atoms with Crippen molar-refractivity contribution in [1.82, 2.24) is 9.97 Å². The predicted octanol–water partition coefficient (Wildman–Crippen LogP) is 4.43. The van der Waals surface area contributed by atoms with Gasteiger partial charge in [-0.25, -0.2) is 13.8 Å². The first-order chi connectivity index (χ1) is 17.0. The third kappa shape index (κ3) is 3.70. The SMILES string of the molecule is C[C@@H]1CO[C@@H]2[C@H](Oc3cc4nc(NC5CCc6cc(F)cc(F)c65)c(C(F)(F)F)cc4[nH]3)CO[C@]12N. The Kier molecular flexibility index (Phi) is 5.22. The summed E-state index contributed by atoms with van der Waals surface area (Å²) in [4.78, 5) is 7.01. The number of nitrogens with one attached hydrogen (secondary N) is 2. The van der Waals surface area contributed by atoms with Crippen molar-refractivity contribution in [3.63, 3.8) is 0 Å². The van der Waals surface area contributed by atoms with Gasteiger partial charge in [0.05, 0.1) is 35.9 Å². The summed E-state index contributed by atoms with van der Waals surface area (Å²) in [7, 11) is 0. The molecule has 7 nitrogen and oxygen atoms in total. The number of pyridine rings is 1. The van der Waals surface area contributed by atoms with Crippen molar-refractivity contribution >= 4 is 16.9 Å². The topological polar surface area (TPSA) is 94.4 Å². The average Bonchev–Trinajstić information content (AvgIpc) is 3.52. The van der Waals surface area contributed by atoms with Crippen LogP contribution in [0.2, 0.25) is 0 Å². The highest BCUT2D eigenvalue weighted by Gasteiger charge is 2.57. The first-order valence-corrected chi connectivity index (χ1v) is 11.6. The number of nitrogens with two attached hydrogens (primary N) is 1. The van der Waals surface area contributed by atoms with Crippen LogP contribution in [-0.4, -0.2) is 41.1 Å². The number of aryl methyl sites for hydroxylation is 1. The maximum Gasteiger partial charge on any atom is 0.420 e. The van der Waals surface area contributed by atoms with Gasteiger partial charge >= 0.3 is 6.18 Å². The Morgan fingerprint density at radius 1 is 1.19 bits per heavy atom. The molecule has 12 heteroatoms. The Labute approximate surface area is 202 Å². The van der Waals surface area contributed by atoms with E-state index in [4.69, 9.17) is 19.9 Å². The maximum absolute atomic E-state index is 14.5. The minimum absolute atomic E-state index is 0.0366. The molecular weight excluding hydrogens is 487 g/mol. The van der Waals surface area contributed by atoms with Crippen LogP contribution < -0.4 is 15.8 Å². The number of hydrogen-bond donors (Lipinski definition) is 3. The van der Waals surface area contributed by atoms with Crippen LogP contribution in [0.5, 0.6) is 5.88 Å². The van der Waals surface area contributed by atoms with Crippen LogP contribution in [0, 0.1) is 17.6 Å². The third-order valence-electron chi connectivity index (χ3n) is 7.28. The molecule has 2 saturated heterocycles. The van der Waals surface area contributed by atoms with E-state index in [0.717, 1.165) is 12.1 Å². The standard InChI is InChI=1S/C24H23F5N4O3/c1-10-8-34-21-18(9-35-23(10,21)30)36-19-7-17-16(31-19)6-13(24(27,28)29)22(33-17)32-15-3-2-11-4-12(25)5-14(26)20(11)15/h4-7,10,15,18,21,31H,2-3,8-9,30H2,1H3,(H,32,33)/t10-,15?,18-,21-,23-/m1/s1. The fourth-order valence-corrected chi connectivity index (χ4v) is 5.39. The molecule has 4 N–H and O–H groups in total. The Bertz CT molecular complexity index is 1350. The summed E-state index contributed by atoms with van der Waals surface area (Å²) < 4.78 is 87.3. The lowest BCUT2D eigenvalue weighted by Crippen LogP contribution is -2.52. The summed E-state index contributed by atoms with van der Waals surface area (Å²) in [6.07, 6.45) is -5.16. The van der Waals surface area contributed by atoms with Crippen molar-refractivity contribution < 1.29 is 36.2 Å². The molecule has 4 heterocycles. The molecule has 3 aliphatic rings. The molecule has 36 heavy (non-hydrogen) atoms. The molecular formula is C24H23F5N4O3. The Morgan fingerprint density at radius 3 is 2.78 bits per heavy atom. The average molecular weight is 510 g/mol.